The number of hydrogen-bond donors (Lipinski definition) is 0. The van der Waals surface area contributed by atoms with Gasteiger partial charge < -0.3 is 0 Å². The molecule has 0 aliphatic heterocycles. The minimum absolute atomic E-state index is 0.882. The van der Waals surface area contributed by atoms with Crippen LogP contribution in [0.5, 0.6) is 0 Å². The summed E-state index contributed by atoms with van der Waals surface area (Å²) < 4.78 is 1.96. The number of likely N-dealkylation sites (N-methyl/N-ethyl adjacent to an activating group) is 1. The topological polar surface area (TPSA) is 21.1 Å². The Morgan fingerprint density at radius 1 is 1.53 bits per heavy atom. The maximum Gasteiger partial charge on any atom is 0.0558 e. The summed E-state index contributed by atoms with van der Waals surface area (Å²) >= 11 is 7.83. The van der Waals surface area contributed by atoms with Crippen LogP contribution in [0.3, 0.4) is 0 Å². The first-order chi connectivity index (χ1) is 8.29. The van der Waals surface area contributed by atoms with Gasteiger partial charge in [-0.3, -0.25) is 9.58 Å². The van der Waals surface area contributed by atoms with Gasteiger partial charge in [0, 0.05) is 30.4 Å². The molecule has 2 heterocycles. The minimum Gasteiger partial charge on any atom is -0.297 e. The lowest BCUT2D eigenvalue weighted by Crippen LogP contribution is -2.26. The van der Waals surface area contributed by atoms with E-state index in [2.05, 4.69) is 16.9 Å². The molecule has 0 saturated heterocycles. The number of aromatic nitrogens is 2. The third kappa shape index (κ3) is 3.56. The van der Waals surface area contributed by atoms with E-state index in [1.165, 1.54) is 4.88 Å². The van der Waals surface area contributed by atoms with Gasteiger partial charge in [-0.15, -0.1) is 11.3 Å². The third-order valence-corrected chi connectivity index (χ3v) is 4.08. The van der Waals surface area contributed by atoms with Crippen LogP contribution in [0.2, 0.25) is 5.02 Å². The summed E-state index contributed by atoms with van der Waals surface area (Å²) in [7, 11) is 0. The molecule has 0 aliphatic carbocycles. The van der Waals surface area contributed by atoms with Crippen molar-refractivity contribution in [3.8, 4) is 0 Å². The Morgan fingerprint density at radius 3 is 3.00 bits per heavy atom. The molecule has 0 atom stereocenters. The Balaban J connectivity index is 1.87. The van der Waals surface area contributed by atoms with Gasteiger partial charge in [0.25, 0.3) is 0 Å². The Labute approximate surface area is 111 Å². The lowest BCUT2D eigenvalue weighted by molar-refractivity contribution is 0.265. The highest BCUT2D eigenvalue weighted by molar-refractivity contribution is 7.10. The molecule has 0 radical (unpaired) electrons. The monoisotopic (exact) mass is 269 g/mol. The van der Waals surface area contributed by atoms with E-state index in [1.807, 2.05) is 34.6 Å². The number of halogens is 1. The van der Waals surface area contributed by atoms with Gasteiger partial charge in [0.15, 0.2) is 0 Å². The van der Waals surface area contributed by atoms with E-state index in [9.17, 15) is 0 Å². The molecule has 5 heteroatoms. The molecule has 0 aliphatic rings. The summed E-state index contributed by atoms with van der Waals surface area (Å²) in [4.78, 5) is 3.62. The maximum atomic E-state index is 6.11. The number of nitrogens with zero attached hydrogens (tertiary/aromatic N) is 3. The predicted octanol–water partition coefficient (Wildman–Crippen LogP) is 3.12. The first-order valence-electron chi connectivity index (χ1n) is 5.71. The van der Waals surface area contributed by atoms with Gasteiger partial charge in [0.05, 0.1) is 11.6 Å². The number of rotatable bonds is 6. The summed E-state index contributed by atoms with van der Waals surface area (Å²) in [6, 6.07) is 3.91. The molecule has 2 rings (SSSR count). The van der Waals surface area contributed by atoms with Crippen LogP contribution in [-0.2, 0) is 13.1 Å². The van der Waals surface area contributed by atoms with Gasteiger partial charge in [0.2, 0.25) is 0 Å². The van der Waals surface area contributed by atoms with Crippen LogP contribution in [-0.4, -0.2) is 27.8 Å². The van der Waals surface area contributed by atoms with E-state index in [0.717, 1.165) is 31.2 Å². The highest BCUT2D eigenvalue weighted by Crippen LogP contribution is 2.23. The first kappa shape index (κ1) is 12.6. The van der Waals surface area contributed by atoms with Gasteiger partial charge in [-0.05, 0) is 24.1 Å². The molecule has 0 fully saturated rings. The molecule has 92 valence electrons. The quantitative estimate of drug-likeness (QED) is 0.803. The largest absolute Gasteiger partial charge is 0.297 e. The summed E-state index contributed by atoms with van der Waals surface area (Å²) in [6.07, 6.45) is 3.80. The van der Waals surface area contributed by atoms with E-state index in [4.69, 9.17) is 11.6 Å². The fraction of sp³-hybridized carbons (Fsp3) is 0.417. The Bertz CT molecular complexity index is 438. The van der Waals surface area contributed by atoms with E-state index < -0.39 is 0 Å². The lowest BCUT2D eigenvalue weighted by atomic mass is 10.4. The molecule has 0 spiro atoms. The molecule has 0 aromatic carbocycles. The second-order valence-electron chi connectivity index (χ2n) is 3.83. The second-order valence-corrected chi connectivity index (χ2v) is 5.24. The van der Waals surface area contributed by atoms with Gasteiger partial charge in [-0.25, -0.2) is 0 Å². The van der Waals surface area contributed by atoms with E-state index in [0.29, 0.717) is 0 Å². The minimum atomic E-state index is 0.882. The van der Waals surface area contributed by atoms with Crippen LogP contribution in [0.1, 0.15) is 11.8 Å². The van der Waals surface area contributed by atoms with Gasteiger partial charge >= 0.3 is 0 Å². The molecule has 0 N–H and O–H groups in total. The van der Waals surface area contributed by atoms with Crippen LogP contribution in [0, 0.1) is 0 Å². The Hall–Kier alpha value is -0.840. The van der Waals surface area contributed by atoms with Crippen molar-refractivity contribution < 1.29 is 0 Å². The van der Waals surface area contributed by atoms with Crippen molar-refractivity contribution >= 4 is 22.9 Å². The van der Waals surface area contributed by atoms with Crippen LogP contribution in [0.15, 0.2) is 29.9 Å². The van der Waals surface area contributed by atoms with E-state index >= 15 is 0 Å². The first-order valence-corrected chi connectivity index (χ1v) is 6.97. The van der Waals surface area contributed by atoms with Gasteiger partial charge in [-0.2, -0.15) is 5.10 Å². The molecule has 0 amide bonds. The number of thiophene rings is 1. The van der Waals surface area contributed by atoms with Crippen LogP contribution < -0.4 is 0 Å². The normalized spacial score (nSPS) is 11.2. The van der Waals surface area contributed by atoms with Crippen molar-refractivity contribution in [3.05, 3.63) is 39.8 Å². The zero-order valence-corrected chi connectivity index (χ0v) is 11.4. The summed E-state index contributed by atoms with van der Waals surface area (Å²) in [5.41, 5.74) is 0. The molecule has 0 saturated carbocycles. The molecule has 3 nitrogen and oxygen atoms in total. The average molecular weight is 270 g/mol. The van der Waals surface area contributed by atoms with Crippen LogP contribution >= 0.6 is 22.9 Å². The standard InChI is InChI=1S/C12H16ClN3S/c1-2-15(7-8-16-6-3-5-14-16)10-12-11(13)4-9-17-12/h3-6,9H,2,7-8,10H2,1H3. The molecular weight excluding hydrogens is 254 g/mol. The molecule has 0 bridgehead atoms. The predicted molar refractivity (Wildman–Crippen MR) is 72.5 cm³/mol. The Kier molecular flexibility index (Phi) is 4.59. The zero-order chi connectivity index (χ0) is 12.1. The van der Waals surface area contributed by atoms with E-state index in [-0.39, 0.29) is 0 Å². The smallest absolute Gasteiger partial charge is 0.0558 e. The molecule has 2 aromatic heterocycles. The van der Waals surface area contributed by atoms with Crippen molar-refractivity contribution in [2.45, 2.75) is 20.0 Å². The van der Waals surface area contributed by atoms with E-state index in [1.54, 1.807) is 11.3 Å². The summed E-state index contributed by atoms with van der Waals surface area (Å²) in [5.74, 6) is 0. The molecule has 17 heavy (non-hydrogen) atoms. The fourth-order valence-corrected chi connectivity index (χ4v) is 2.80. The Morgan fingerprint density at radius 2 is 2.41 bits per heavy atom. The summed E-state index contributed by atoms with van der Waals surface area (Å²) in [6.45, 7) is 6.03. The fourth-order valence-electron chi connectivity index (χ4n) is 1.67. The SMILES string of the molecule is CCN(CCn1cccn1)Cc1sccc1Cl. The molecular formula is C12H16ClN3S. The van der Waals surface area contributed by atoms with Crippen LogP contribution in [0.4, 0.5) is 0 Å². The molecule has 0 unspecified atom stereocenters. The van der Waals surface area contributed by atoms with Crippen molar-refractivity contribution in [1.29, 1.82) is 0 Å². The van der Waals surface area contributed by atoms with Crippen molar-refractivity contribution in [1.82, 2.24) is 14.7 Å². The van der Waals surface area contributed by atoms with Crippen molar-refractivity contribution in [2.75, 3.05) is 13.1 Å². The average Bonchev–Trinajstić information content (AvgIpc) is 2.96. The molecule has 2 aromatic rings. The second kappa shape index (κ2) is 6.19. The maximum absolute atomic E-state index is 6.11. The third-order valence-electron chi connectivity index (χ3n) is 2.71. The zero-order valence-electron chi connectivity index (χ0n) is 9.84. The van der Waals surface area contributed by atoms with Gasteiger partial charge in [-0.1, -0.05) is 18.5 Å². The van der Waals surface area contributed by atoms with Crippen LogP contribution in [0.25, 0.3) is 0 Å². The van der Waals surface area contributed by atoms with Crippen molar-refractivity contribution in [3.63, 3.8) is 0 Å². The number of hydrogen-bond acceptors (Lipinski definition) is 3. The van der Waals surface area contributed by atoms with Crippen molar-refractivity contribution in [2.24, 2.45) is 0 Å². The lowest BCUT2D eigenvalue weighted by Gasteiger charge is -2.19. The highest BCUT2D eigenvalue weighted by Gasteiger charge is 2.08. The summed E-state index contributed by atoms with van der Waals surface area (Å²) in [5, 5.41) is 7.13. The highest BCUT2D eigenvalue weighted by atomic mass is 35.5. The van der Waals surface area contributed by atoms with Gasteiger partial charge in [0.1, 0.15) is 0 Å².